The van der Waals surface area contributed by atoms with E-state index in [-0.39, 0.29) is 16.9 Å². The SMILES string of the molecule is C[C@@H](OC(=O)c1cccc(F)c1)C(=O)Nc1ccccc1[N+](=O)[O-]. The van der Waals surface area contributed by atoms with Gasteiger partial charge in [-0.25, -0.2) is 9.18 Å². The molecule has 8 heteroatoms. The molecule has 0 fully saturated rings. The molecule has 24 heavy (non-hydrogen) atoms. The molecule has 0 aliphatic heterocycles. The molecule has 0 aromatic heterocycles. The van der Waals surface area contributed by atoms with Crippen molar-refractivity contribution in [2.45, 2.75) is 13.0 Å². The van der Waals surface area contributed by atoms with Crippen LogP contribution in [-0.2, 0) is 9.53 Å². The van der Waals surface area contributed by atoms with Crippen molar-refractivity contribution in [2.24, 2.45) is 0 Å². The van der Waals surface area contributed by atoms with Crippen LogP contribution in [0.3, 0.4) is 0 Å². The number of nitrogens with one attached hydrogen (secondary N) is 1. The van der Waals surface area contributed by atoms with Gasteiger partial charge in [0.1, 0.15) is 11.5 Å². The minimum Gasteiger partial charge on any atom is -0.449 e. The summed E-state index contributed by atoms with van der Waals surface area (Å²) in [7, 11) is 0. The Morgan fingerprint density at radius 2 is 1.92 bits per heavy atom. The Morgan fingerprint density at radius 3 is 2.58 bits per heavy atom. The Kier molecular flexibility index (Phi) is 5.20. The van der Waals surface area contributed by atoms with Gasteiger partial charge in [-0.15, -0.1) is 0 Å². The second-order valence-corrected chi connectivity index (χ2v) is 4.82. The van der Waals surface area contributed by atoms with Crippen molar-refractivity contribution in [1.82, 2.24) is 0 Å². The Labute approximate surface area is 136 Å². The van der Waals surface area contributed by atoms with Crippen molar-refractivity contribution in [1.29, 1.82) is 0 Å². The molecule has 1 N–H and O–H groups in total. The van der Waals surface area contributed by atoms with Gasteiger partial charge in [-0.2, -0.15) is 0 Å². The van der Waals surface area contributed by atoms with E-state index in [1.165, 1.54) is 49.4 Å². The largest absolute Gasteiger partial charge is 0.449 e. The van der Waals surface area contributed by atoms with Crippen molar-refractivity contribution in [3.05, 3.63) is 70.0 Å². The number of esters is 1. The first-order valence-electron chi connectivity index (χ1n) is 6.89. The van der Waals surface area contributed by atoms with Crippen LogP contribution in [0.15, 0.2) is 48.5 Å². The summed E-state index contributed by atoms with van der Waals surface area (Å²) in [6.07, 6.45) is -1.22. The monoisotopic (exact) mass is 332 g/mol. The molecule has 124 valence electrons. The number of ether oxygens (including phenoxy) is 1. The van der Waals surface area contributed by atoms with Gasteiger partial charge in [0.25, 0.3) is 11.6 Å². The van der Waals surface area contributed by atoms with Crippen LogP contribution in [-0.4, -0.2) is 22.9 Å². The summed E-state index contributed by atoms with van der Waals surface area (Å²) in [6, 6.07) is 10.4. The fourth-order valence-electron chi connectivity index (χ4n) is 1.87. The number of nitro groups is 1. The summed E-state index contributed by atoms with van der Waals surface area (Å²) < 4.78 is 18.0. The predicted molar refractivity (Wildman–Crippen MR) is 83.0 cm³/mol. The third-order valence-electron chi connectivity index (χ3n) is 3.07. The number of carbonyl (C=O) groups is 2. The lowest BCUT2D eigenvalue weighted by Crippen LogP contribution is -2.30. The number of anilines is 1. The minimum atomic E-state index is -1.22. The maximum atomic E-state index is 13.1. The van der Waals surface area contributed by atoms with Crippen LogP contribution in [0.5, 0.6) is 0 Å². The molecule has 2 aromatic rings. The number of rotatable bonds is 5. The second-order valence-electron chi connectivity index (χ2n) is 4.82. The number of amides is 1. The average Bonchev–Trinajstić information content (AvgIpc) is 2.55. The molecular formula is C16H13FN2O5. The molecule has 7 nitrogen and oxygen atoms in total. The van der Waals surface area contributed by atoms with Gasteiger partial charge in [-0.3, -0.25) is 14.9 Å². The number of para-hydroxylation sites is 2. The average molecular weight is 332 g/mol. The molecule has 0 radical (unpaired) electrons. The van der Waals surface area contributed by atoms with Crippen molar-refractivity contribution < 1.29 is 23.6 Å². The number of nitrogens with zero attached hydrogens (tertiary/aromatic N) is 1. The van der Waals surface area contributed by atoms with Crippen LogP contribution >= 0.6 is 0 Å². The van der Waals surface area contributed by atoms with E-state index in [0.29, 0.717) is 0 Å². The van der Waals surface area contributed by atoms with E-state index >= 15 is 0 Å². The normalized spacial score (nSPS) is 11.4. The summed E-state index contributed by atoms with van der Waals surface area (Å²) >= 11 is 0. The van der Waals surface area contributed by atoms with Gasteiger partial charge in [0.05, 0.1) is 10.5 Å². The van der Waals surface area contributed by atoms with E-state index in [2.05, 4.69) is 5.32 Å². The molecule has 0 aliphatic carbocycles. The van der Waals surface area contributed by atoms with Crippen molar-refractivity contribution >= 4 is 23.3 Å². The van der Waals surface area contributed by atoms with Gasteiger partial charge in [0.2, 0.25) is 0 Å². The quantitative estimate of drug-likeness (QED) is 0.515. The number of nitro benzene ring substituents is 1. The molecule has 0 bridgehead atoms. The van der Waals surface area contributed by atoms with Crippen LogP contribution in [0.4, 0.5) is 15.8 Å². The summed E-state index contributed by atoms with van der Waals surface area (Å²) in [5.74, 6) is -2.23. The summed E-state index contributed by atoms with van der Waals surface area (Å²) in [4.78, 5) is 34.2. The highest BCUT2D eigenvalue weighted by atomic mass is 19.1. The molecule has 0 saturated carbocycles. The Balaban J connectivity index is 2.05. The lowest BCUT2D eigenvalue weighted by molar-refractivity contribution is -0.383. The molecular weight excluding hydrogens is 319 g/mol. The highest BCUT2D eigenvalue weighted by molar-refractivity contribution is 5.98. The third-order valence-corrected chi connectivity index (χ3v) is 3.07. The number of halogens is 1. The van der Waals surface area contributed by atoms with E-state index in [0.717, 1.165) is 6.07 Å². The molecule has 0 aliphatic rings. The highest BCUT2D eigenvalue weighted by Crippen LogP contribution is 2.23. The first kappa shape index (κ1) is 17.1. The maximum Gasteiger partial charge on any atom is 0.339 e. The van der Waals surface area contributed by atoms with Crippen LogP contribution in [0.25, 0.3) is 0 Å². The summed E-state index contributed by atoms with van der Waals surface area (Å²) in [5, 5.41) is 13.2. The Morgan fingerprint density at radius 1 is 1.21 bits per heavy atom. The molecule has 0 heterocycles. The fraction of sp³-hybridized carbons (Fsp3) is 0.125. The van der Waals surface area contributed by atoms with Crippen molar-refractivity contribution in [3.8, 4) is 0 Å². The van der Waals surface area contributed by atoms with Gasteiger partial charge in [-0.1, -0.05) is 18.2 Å². The second kappa shape index (κ2) is 7.32. The van der Waals surface area contributed by atoms with Gasteiger partial charge in [0.15, 0.2) is 6.10 Å². The third kappa shape index (κ3) is 4.13. The lowest BCUT2D eigenvalue weighted by atomic mass is 10.2. The first-order valence-corrected chi connectivity index (χ1v) is 6.89. The Bertz CT molecular complexity index is 794. The molecule has 0 unspecified atom stereocenters. The zero-order valence-corrected chi connectivity index (χ0v) is 12.6. The standard InChI is InChI=1S/C16H13FN2O5/c1-10(24-16(21)11-5-4-6-12(17)9-11)15(20)18-13-7-2-3-8-14(13)19(22)23/h2-10H,1H3,(H,18,20)/t10-/m1/s1. The van der Waals surface area contributed by atoms with Crippen LogP contribution in [0.1, 0.15) is 17.3 Å². The molecule has 2 aromatic carbocycles. The van der Waals surface area contributed by atoms with E-state index in [4.69, 9.17) is 4.74 Å². The zero-order valence-electron chi connectivity index (χ0n) is 12.6. The van der Waals surface area contributed by atoms with E-state index in [9.17, 15) is 24.1 Å². The van der Waals surface area contributed by atoms with Crippen LogP contribution in [0.2, 0.25) is 0 Å². The molecule has 2 rings (SSSR count). The lowest BCUT2D eigenvalue weighted by Gasteiger charge is -2.13. The molecule has 1 atom stereocenters. The van der Waals surface area contributed by atoms with Crippen LogP contribution in [0, 0.1) is 15.9 Å². The van der Waals surface area contributed by atoms with Crippen molar-refractivity contribution in [3.63, 3.8) is 0 Å². The van der Waals surface area contributed by atoms with E-state index in [1.807, 2.05) is 0 Å². The number of carbonyl (C=O) groups excluding carboxylic acids is 2. The maximum absolute atomic E-state index is 13.1. The predicted octanol–water partition coefficient (Wildman–Crippen LogP) is 2.92. The fourth-order valence-corrected chi connectivity index (χ4v) is 1.87. The van der Waals surface area contributed by atoms with Gasteiger partial charge in [-0.05, 0) is 31.2 Å². The number of hydrogen-bond donors (Lipinski definition) is 1. The highest BCUT2D eigenvalue weighted by Gasteiger charge is 2.22. The minimum absolute atomic E-state index is 0.0128. The van der Waals surface area contributed by atoms with E-state index < -0.39 is 28.7 Å². The van der Waals surface area contributed by atoms with Gasteiger partial charge >= 0.3 is 5.97 Å². The first-order chi connectivity index (χ1) is 11.4. The topological polar surface area (TPSA) is 98.5 Å². The molecule has 0 saturated heterocycles. The van der Waals surface area contributed by atoms with Gasteiger partial charge in [0, 0.05) is 6.07 Å². The van der Waals surface area contributed by atoms with Crippen LogP contribution < -0.4 is 5.32 Å². The number of hydrogen-bond acceptors (Lipinski definition) is 5. The van der Waals surface area contributed by atoms with E-state index in [1.54, 1.807) is 0 Å². The smallest absolute Gasteiger partial charge is 0.339 e. The Hall–Kier alpha value is -3.29. The zero-order chi connectivity index (χ0) is 17.7. The summed E-state index contributed by atoms with van der Waals surface area (Å²) in [6.45, 7) is 1.31. The molecule has 1 amide bonds. The molecule has 0 spiro atoms. The van der Waals surface area contributed by atoms with Crippen molar-refractivity contribution in [2.75, 3.05) is 5.32 Å². The summed E-state index contributed by atoms with van der Waals surface area (Å²) in [5.41, 5.74) is -0.337. The number of benzene rings is 2. The van der Waals surface area contributed by atoms with Gasteiger partial charge < -0.3 is 10.1 Å².